The smallest absolute Gasteiger partial charge is 0.253 e. The highest BCUT2D eigenvalue weighted by Crippen LogP contribution is 2.22. The van der Waals surface area contributed by atoms with Gasteiger partial charge in [-0.2, -0.15) is 0 Å². The van der Waals surface area contributed by atoms with Gasteiger partial charge in [-0.25, -0.2) is 4.39 Å². The minimum atomic E-state index is -0.212. The molecule has 2 aromatic rings. The van der Waals surface area contributed by atoms with E-state index in [1.165, 1.54) is 25.0 Å². The highest BCUT2D eigenvalue weighted by atomic mass is 19.1. The first-order chi connectivity index (χ1) is 13.2. The van der Waals surface area contributed by atoms with Gasteiger partial charge in [-0.1, -0.05) is 12.8 Å². The van der Waals surface area contributed by atoms with Gasteiger partial charge in [0.15, 0.2) is 0 Å². The Morgan fingerprint density at radius 2 is 1.59 bits per heavy atom. The molecule has 1 aliphatic heterocycles. The van der Waals surface area contributed by atoms with Crippen molar-refractivity contribution in [3.8, 4) is 0 Å². The summed E-state index contributed by atoms with van der Waals surface area (Å²) in [4.78, 5) is 21.3. The minimum Gasteiger partial charge on any atom is -0.368 e. The molecule has 1 aliphatic carbocycles. The molecule has 6 heteroatoms. The van der Waals surface area contributed by atoms with Crippen LogP contribution >= 0.6 is 0 Å². The van der Waals surface area contributed by atoms with E-state index in [0.717, 1.165) is 50.4 Å². The van der Waals surface area contributed by atoms with Crippen LogP contribution in [-0.2, 0) is 0 Å². The van der Waals surface area contributed by atoms with E-state index in [-0.39, 0.29) is 11.7 Å². The SMILES string of the molecule is O=C(NC1CCCC1)c1cncc(N2CCN(c3ccc(F)cc3)CC2)c1. The fourth-order valence-electron chi connectivity index (χ4n) is 3.94. The molecule has 1 saturated carbocycles. The van der Waals surface area contributed by atoms with Crippen molar-refractivity contribution in [2.24, 2.45) is 0 Å². The van der Waals surface area contributed by atoms with Crippen molar-refractivity contribution in [2.75, 3.05) is 36.0 Å². The number of amides is 1. The fraction of sp³-hybridized carbons (Fsp3) is 0.429. The number of hydrogen-bond acceptors (Lipinski definition) is 4. The lowest BCUT2D eigenvalue weighted by Gasteiger charge is -2.37. The second-order valence-corrected chi connectivity index (χ2v) is 7.34. The molecule has 1 aromatic carbocycles. The summed E-state index contributed by atoms with van der Waals surface area (Å²) in [5.41, 5.74) is 2.65. The number of nitrogens with zero attached hydrogens (tertiary/aromatic N) is 3. The lowest BCUT2D eigenvalue weighted by atomic mass is 10.2. The van der Waals surface area contributed by atoms with Crippen LogP contribution in [0.4, 0.5) is 15.8 Å². The zero-order valence-corrected chi connectivity index (χ0v) is 15.4. The summed E-state index contributed by atoms with van der Waals surface area (Å²) in [5.74, 6) is -0.239. The molecule has 1 aromatic heterocycles. The van der Waals surface area contributed by atoms with Crippen LogP contribution in [0, 0.1) is 5.82 Å². The van der Waals surface area contributed by atoms with Crippen molar-refractivity contribution in [3.05, 3.63) is 54.1 Å². The highest BCUT2D eigenvalue weighted by molar-refractivity contribution is 5.95. The third-order valence-corrected chi connectivity index (χ3v) is 5.51. The molecule has 27 heavy (non-hydrogen) atoms. The lowest BCUT2D eigenvalue weighted by Crippen LogP contribution is -2.46. The quantitative estimate of drug-likeness (QED) is 0.900. The van der Waals surface area contributed by atoms with Crippen LogP contribution in [0.3, 0.4) is 0 Å². The summed E-state index contributed by atoms with van der Waals surface area (Å²) in [6.07, 6.45) is 8.00. The number of carbonyl (C=O) groups is 1. The monoisotopic (exact) mass is 368 g/mol. The molecule has 0 bridgehead atoms. The minimum absolute atomic E-state index is 0.0267. The van der Waals surface area contributed by atoms with E-state index < -0.39 is 0 Å². The molecule has 0 spiro atoms. The predicted molar refractivity (Wildman–Crippen MR) is 105 cm³/mol. The van der Waals surface area contributed by atoms with Gasteiger partial charge in [0, 0.05) is 44.1 Å². The Kier molecular flexibility index (Phi) is 5.23. The number of halogens is 1. The number of nitrogens with one attached hydrogen (secondary N) is 1. The van der Waals surface area contributed by atoms with Crippen LogP contribution in [0.15, 0.2) is 42.7 Å². The third-order valence-electron chi connectivity index (χ3n) is 5.51. The Morgan fingerprint density at radius 3 is 2.26 bits per heavy atom. The van der Waals surface area contributed by atoms with Crippen LogP contribution in [0.2, 0.25) is 0 Å². The summed E-state index contributed by atoms with van der Waals surface area (Å²) < 4.78 is 13.1. The van der Waals surface area contributed by atoms with Crippen molar-refractivity contribution >= 4 is 17.3 Å². The molecule has 2 aliphatic rings. The third kappa shape index (κ3) is 4.21. The largest absolute Gasteiger partial charge is 0.368 e. The first-order valence-corrected chi connectivity index (χ1v) is 9.70. The average molecular weight is 368 g/mol. The van der Waals surface area contributed by atoms with Gasteiger partial charge in [-0.15, -0.1) is 0 Å². The molecule has 5 nitrogen and oxygen atoms in total. The highest BCUT2D eigenvalue weighted by Gasteiger charge is 2.21. The van der Waals surface area contributed by atoms with Crippen molar-refractivity contribution in [2.45, 2.75) is 31.7 Å². The van der Waals surface area contributed by atoms with E-state index in [9.17, 15) is 9.18 Å². The fourth-order valence-corrected chi connectivity index (χ4v) is 3.94. The number of piperazine rings is 1. The maximum Gasteiger partial charge on any atom is 0.253 e. The molecule has 4 rings (SSSR count). The molecule has 0 radical (unpaired) electrons. The van der Waals surface area contributed by atoms with E-state index >= 15 is 0 Å². The molecular weight excluding hydrogens is 343 g/mol. The number of rotatable bonds is 4. The van der Waals surface area contributed by atoms with Crippen molar-refractivity contribution in [1.82, 2.24) is 10.3 Å². The van der Waals surface area contributed by atoms with Gasteiger partial charge in [0.25, 0.3) is 5.91 Å². The molecule has 2 heterocycles. The van der Waals surface area contributed by atoms with Gasteiger partial charge >= 0.3 is 0 Å². The van der Waals surface area contributed by atoms with Crippen LogP contribution in [0.1, 0.15) is 36.0 Å². The van der Waals surface area contributed by atoms with Gasteiger partial charge < -0.3 is 15.1 Å². The predicted octanol–water partition coefficient (Wildman–Crippen LogP) is 3.22. The number of hydrogen-bond donors (Lipinski definition) is 1. The number of pyridine rings is 1. The zero-order valence-electron chi connectivity index (χ0n) is 15.4. The van der Waals surface area contributed by atoms with Gasteiger partial charge in [-0.3, -0.25) is 9.78 Å². The molecule has 1 saturated heterocycles. The second-order valence-electron chi connectivity index (χ2n) is 7.34. The Hall–Kier alpha value is -2.63. The van der Waals surface area contributed by atoms with Crippen molar-refractivity contribution < 1.29 is 9.18 Å². The maximum atomic E-state index is 13.1. The van der Waals surface area contributed by atoms with E-state index in [1.807, 2.05) is 24.4 Å². The van der Waals surface area contributed by atoms with Crippen LogP contribution in [0.25, 0.3) is 0 Å². The van der Waals surface area contributed by atoms with Crippen molar-refractivity contribution in [3.63, 3.8) is 0 Å². The first-order valence-electron chi connectivity index (χ1n) is 9.70. The summed E-state index contributed by atoms with van der Waals surface area (Å²) in [6, 6.07) is 8.88. The normalized spacial score (nSPS) is 18.0. The molecule has 0 atom stereocenters. The first kappa shape index (κ1) is 17.8. The Balaban J connectivity index is 1.38. The lowest BCUT2D eigenvalue weighted by molar-refractivity contribution is 0.0937. The number of benzene rings is 1. The van der Waals surface area contributed by atoms with Crippen LogP contribution in [-0.4, -0.2) is 43.1 Å². The molecule has 142 valence electrons. The van der Waals surface area contributed by atoms with E-state index in [1.54, 1.807) is 6.20 Å². The molecule has 1 amide bonds. The number of carbonyl (C=O) groups excluding carboxylic acids is 1. The number of anilines is 2. The number of aromatic nitrogens is 1. The standard InChI is InChI=1S/C21H25FN4O/c22-17-5-7-19(8-6-17)25-9-11-26(12-10-25)20-13-16(14-23-15-20)21(27)24-18-3-1-2-4-18/h5-8,13-15,18H,1-4,9-12H2,(H,24,27). The average Bonchev–Trinajstić information content (AvgIpc) is 3.22. The molecule has 0 unspecified atom stereocenters. The topological polar surface area (TPSA) is 48.5 Å². The molecule has 2 fully saturated rings. The summed E-state index contributed by atoms with van der Waals surface area (Å²) in [5, 5.41) is 3.12. The van der Waals surface area contributed by atoms with Crippen LogP contribution in [0.5, 0.6) is 0 Å². The summed E-state index contributed by atoms with van der Waals surface area (Å²) in [7, 11) is 0. The van der Waals surface area contributed by atoms with Gasteiger partial charge in [-0.05, 0) is 43.2 Å². The second kappa shape index (κ2) is 7.94. The van der Waals surface area contributed by atoms with Gasteiger partial charge in [0.05, 0.1) is 17.4 Å². The summed E-state index contributed by atoms with van der Waals surface area (Å²) >= 11 is 0. The van der Waals surface area contributed by atoms with E-state index in [2.05, 4.69) is 20.1 Å². The van der Waals surface area contributed by atoms with Gasteiger partial charge in [0.1, 0.15) is 5.82 Å². The maximum absolute atomic E-state index is 13.1. The van der Waals surface area contributed by atoms with Crippen LogP contribution < -0.4 is 15.1 Å². The zero-order chi connectivity index (χ0) is 18.6. The summed E-state index contributed by atoms with van der Waals surface area (Å²) in [6.45, 7) is 3.38. The Labute approximate surface area is 159 Å². The van der Waals surface area contributed by atoms with Gasteiger partial charge in [0.2, 0.25) is 0 Å². The Morgan fingerprint density at radius 1 is 0.963 bits per heavy atom. The van der Waals surface area contributed by atoms with Crippen molar-refractivity contribution in [1.29, 1.82) is 0 Å². The Bertz CT molecular complexity index is 781. The molecular formula is C21H25FN4O. The van der Waals surface area contributed by atoms with E-state index in [0.29, 0.717) is 11.6 Å². The molecule has 1 N–H and O–H groups in total. The van der Waals surface area contributed by atoms with E-state index in [4.69, 9.17) is 0 Å².